The number of rotatable bonds is 6. The summed E-state index contributed by atoms with van der Waals surface area (Å²) in [6.07, 6.45) is 3.13. The van der Waals surface area contributed by atoms with Gasteiger partial charge in [-0.3, -0.25) is 4.90 Å². The highest BCUT2D eigenvalue weighted by atomic mass is 32.1. The molecule has 0 radical (unpaired) electrons. The summed E-state index contributed by atoms with van der Waals surface area (Å²) in [5, 5.41) is 3.24. The van der Waals surface area contributed by atoms with Crippen LogP contribution in [0.4, 0.5) is 0 Å². The largest absolute Gasteiger partial charge is 0.376 e. The molecule has 0 aliphatic carbocycles. The average Bonchev–Trinajstić information content (AvgIpc) is 3.21. The highest BCUT2D eigenvalue weighted by molar-refractivity contribution is 7.09. The summed E-state index contributed by atoms with van der Waals surface area (Å²) in [6.45, 7) is 3.68. The van der Waals surface area contributed by atoms with Crippen molar-refractivity contribution in [2.75, 3.05) is 19.7 Å². The number of hydrogen-bond donors (Lipinski definition) is 0. The van der Waals surface area contributed by atoms with Crippen LogP contribution in [0.5, 0.6) is 0 Å². The van der Waals surface area contributed by atoms with Crippen molar-refractivity contribution in [1.29, 1.82) is 0 Å². The fourth-order valence-electron chi connectivity index (χ4n) is 3.69. The average molecular weight is 365 g/mol. The lowest BCUT2D eigenvalue weighted by Crippen LogP contribution is -2.42. The zero-order chi connectivity index (χ0) is 17.6. The van der Waals surface area contributed by atoms with Crippen LogP contribution in [0.3, 0.4) is 0 Å². The molecule has 3 aromatic rings. The van der Waals surface area contributed by atoms with Gasteiger partial charge in [-0.05, 0) is 17.5 Å². The van der Waals surface area contributed by atoms with Crippen molar-refractivity contribution in [2.24, 2.45) is 0 Å². The Hall–Kier alpha value is -2.01. The summed E-state index contributed by atoms with van der Waals surface area (Å²) in [7, 11) is 0. The normalized spacial score (nSPS) is 18.3. The first-order valence-electron chi connectivity index (χ1n) is 9.21. The Bertz CT molecular complexity index is 737. The molecule has 0 saturated carbocycles. The van der Waals surface area contributed by atoms with Crippen LogP contribution in [0.25, 0.3) is 0 Å². The molecule has 2 heterocycles. The van der Waals surface area contributed by atoms with Gasteiger partial charge in [-0.15, -0.1) is 11.3 Å². The summed E-state index contributed by atoms with van der Waals surface area (Å²) in [6, 6.07) is 21.6. The number of hydrogen-bond acceptors (Lipinski definition) is 4. The number of benzene rings is 2. The fourth-order valence-corrected chi connectivity index (χ4v) is 4.34. The first-order valence-corrected chi connectivity index (χ1v) is 10.1. The van der Waals surface area contributed by atoms with Gasteiger partial charge in [-0.25, -0.2) is 4.98 Å². The van der Waals surface area contributed by atoms with Crippen LogP contribution in [0.15, 0.2) is 72.2 Å². The van der Waals surface area contributed by atoms with Crippen molar-refractivity contribution >= 4 is 11.3 Å². The lowest BCUT2D eigenvalue weighted by molar-refractivity contribution is -0.0364. The molecule has 1 fully saturated rings. The van der Waals surface area contributed by atoms with Gasteiger partial charge in [0.05, 0.1) is 19.3 Å². The number of morpholine rings is 1. The molecule has 0 amide bonds. The van der Waals surface area contributed by atoms with Gasteiger partial charge < -0.3 is 4.74 Å². The van der Waals surface area contributed by atoms with Gasteiger partial charge in [0, 0.05) is 30.6 Å². The molecule has 2 aromatic carbocycles. The van der Waals surface area contributed by atoms with Gasteiger partial charge >= 0.3 is 0 Å². The standard InChI is InChI=1S/C22H24N2OS/c1-3-7-18(8-4-1)21(19-9-5-2-6-10-19)15-20-16-24(12-13-25-20)17-22-23-11-14-26-22/h1-11,14,20-21H,12-13,15-17H2. The Balaban J connectivity index is 1.48. The molecular weight excluding hydrogens is 340 g/mol. The quantitative estimate of drug-likeness (QED) is 0.641. The molecular formula is C22H24N2OS. The molecule has 1 saturated heterocycles. The minimum Gasteiger partial charge on any atom is -0.376 e. The third kappa shape index (κ3) is 4.39. The van der Waals surface area contributed by atoms with Crippen molar-refractivity contribution in [1.82, 2.24) is 9.88 Å². The van der Waals surface area contributed by atoms with E-state index in [1.54, 1.807) is 11.3 Å². The smallest absolute Gasteiger partial charge is 0.107 e. The SMILES string of the molecule is c1ccc(C(CC2CN(Cc3nccs3)CCO2)c2ccccc2)cc1. The Morgan fingerprint density at radius 2 is 1.73 bits per heavy atom. The van der Waals surface area contributed by atoms with Crippen LogP contribution in [0.1, 0.15) is 28.5 Å². The third-order valence-corrected chi connectivity index (χ3v) is 5.73. The van der Waals surface area contributed by atoms with E-state index in [0.29, 0.717) is 5.92 Å². The monoisotopic (exact) mass is 364 g/mol. The van der Waals surface area contributed by atoms with E-state index in [0.717, 1.165) is 32.7 Å². The highest BCUT2D eigenvalue weighted by Gasteiger charge is 2.25. The van der Waals surface area contributed by atoms with Crippen LogP contribution in [0, 0.1) is 0 Å². The van der Waals surface area contributed by atoms with E-state index < -0.39 is 0 Å². The molecule has 0 spiro atoms. The van der Waals surface area contributed by atoms with E-state index in [1.165, 1.54) is 16.1 Å². The molecule has 0 bridgehead atoms. The topological polar surface area (TPSA) is 25.4 Å². The minimum atomic E-state index is 0.245. The van der Waals surface area contributed by atoms with Gasteiger partial charge in [0.2, 0.25) is 0 Å². The first kappa shape index (κ1) is 17.4. The summed E-state index contributed by atoms with van der Waals surface area (Å²) in [4.78, 5) is 6.90. The lowest BCUT2D eigenvalue weighted by atomic mass is 9.86. The van der Waals surface area contributed by atoms with Crippen molar-refractivity contribution in [3.63, 3.8) is 0 Å². The van der Waals surface area contributed by atoms with Crippen LogP contribution in [-0.2, 0) is 11.3 Å². The van der Waals surface area contributed by atoms with Crippen molar-refractivity contribution < 1.29 is 4.74 Å². The van der Waals surface area contributed by atoms with Crippen LogP contribution in [-0.4, -0.2) is 35.7 Å². The van der Waals surface area contributed by atoms with E-state index in [1.807, 2.05) is 11.6 Å². The Kier molecular flexibility index (Phi) is 5.75. The molecule has 4 rings (SSSR count). The number of thiazole rings is 1. The summed E-state index contributed by atoms with van der Waals surface area (Å²) in [5.74, 6) is 0.363. The second kappa shape index (κ2) is 8.58. The number of ether oxygens (including phenoxy) is 1. The predicted molar refractivity (Wildman–Crippen MR) is 106 cm³/mol. The van der Waals surface area contributed by atoms with Crippen LogP contribution in [0.2, 0.25) is 0 Å². The molecule has 1 aliphatic heterocycles. The maximum atomic E-state index is 6.14. The molecule has 3 nitrogen and oxygen atoms in total. The number of aromatic nitrogens is 1. The van der Waals surface area contributed by atoms with E-state index in [4.69, 9.17) is 4.74 Å². The Labute approximate surface area is 159 Å². The van der Waals surface area contributed by atoms with Crippen molar-refractivity contribution in [2.45, 2.75) is 25.0 Å². The highest BCUT2D eigenvalue weighted by Crippen LogP contribution is 2.31. The van der Waals surface area contributed by atoms with Gasteiger partial charge in [0.1, 0.15) is 5.01 Å². The summed E-state index contributed by atoms with van der Waals surface area (Å²) >= 11 is 1.73. The van der Waals surface area contributed by atoms with Gasteiger partial charge in [0.25, 0.3) is 0 Å². The Morgan fingerprint density at radius 3 is 2.35 bits per heavy atom. The third-order valence-electron chi connectivity index (χ3n) is 4.97. The molecule has 26 heavy (non-hydrogen) atoms. The predicted octanol–water partition coefficient (Wildman–Crippen LogP) is 4.57. The maximum Gasteiger partial charge on any atom is 0.107 e. The fraction of sp³-hybridized carbons (Fsp3) is 0.318. The molecule has 4 heteroatoms. The molecule has 1 unspecified atom stereocenters. The van der Waals surface area contributed by atoms with Gasteiger partial charge in [0.15, 0.2) is 0 Å². The number of nitrogens with zero attached hydrogens (tertiary/aromatic N) is 2. The zero-order valence-electron chi connectivity index (χ0n) is 14.8. The maximum absolute atomic E-state index is 6.14. The minimum absolute atomic E-state index is 0.245. The lowest BCUT2D eigenvalue weighted by Gasteiger charge is -2.34. The van der Waals surface area contributed by atoms with E-state index in [9.17, 15) is 0 Å². The van der Waals surface area contributed by atoms with Crippen LogP contribution >= 0.6 is 11.3 Å². The second-order valence-electron chi connectivity index (χ2n) is 6.76. The van der Waals surface area contributed by atoms with E-state index >= 15 is 0 Å². The molecule has 0 N–H and O–H groups in total. The van der Waals surface area contributed by atoms with Crippen LogP contribution < -0.4 is 0 Å². The van der Waals surface area contributed by atoms with Crippen molar-refractivity contribution in [3.8, 4) is 0 Å². The van der Waals surface area contributed by atoms with Crippen molar-refractivity contribution in [3.05, 3.63) is 88.4 Å². The van der Waals surface area contributed by atoms with E-state index in [2.05, 4.69) is 70.5 Å². The second-order valence-corrected chi connectivity index (χ2v) is 7.74. The van der Waals surface area contributed by atoms with Gasteiger partial charge in [-0.2, -0.15) is 0 Å². The molecule has 1 aliphatic rings. The summed E-state index contributed by atoms with van der Waals surface area (Å²) < 4.78 is 6.14. The molecule has 134 valence electrons. The summed E-state index contributed by atoms with van der Waals surface area (Å²) in [5.41, 5.74) is 2.72. The first-order chi connectivity index (χ1) is 12.9. The van der Waals surface area contributed by atoms with E-state index in [-0.39, 0.29) is 6.10 Å². The Morgan fingerprint density at radius 1 is 1.04 bits per heavy atom. The molecule has 1 atom stereocenters. The zero-order valence-corrected chi connectivity index (χ0v) is 15.6. The molecule has 1 aromatic heterocycles. The van der Waals surface area contributed by atoms with Gasteiger partial charge in [-0.1, -0.05) is 60.7 Å².